The van der Waals surface area contributed by atoms with Gasteiger partial charge in [0.1, 0.15) is 11.6 Å². The molecule has 5 nitrogen and oxygen atoms in total. The average Bonchev–Trinajstić information content (AvgIpc) is 3.19. The molecule has 8 heteroatoms. The van der Waals surface area contributed by atoms with Crippen LogP contribution in [-0.2, 0) is 13.1 Å². The molecular weight excluding hydrogens is 480 g/mol. The third-order valence-electron chi connectivity index (χ3n) is 6.32. The van der Waals surface area contributed by atoms with E-state index < -0.39 is 0 Å². The smallest absolute Gasteiger partial charge is 0.124 e. The van der Waals surface area contributed by atoms with Crippen molar-refractivity contribution < 1.29 is 8.78 Å². The van der Waals surface area contributed by atoms with E-state index in [1.807, 2.05) is 36.7 Å². The number of hydrogen-bond acceptors (Lipinski definition) is 4. The lowest BCUT2D eigenvalue weighted by Gasteiger charge is -2.28. The van der Waals surface area contributed by atoms with Gasteiger partial charge in [-0.25, -0.2) is 8.78 Å². The van der Waals surface area contributed by atoms with Crippen molar-refractivity contribution in [3.8, 4) is 0 Å². The summed E-state index contributed by atoms with van der Waals surface area (Å²) in [6.45, 7) is 5.24. The summed E-state index contributed by atoms with van der Waals surface area (Å²) in [7, 11) is 0. The number of alkyl halides is 1. The van der Waals surface area contributed by atoms with E-state index in [0.29, 0.717) is 25.5 Å². The Morgan fingerprint density at radius 1 is 0.861 bits per heavy atom. The number of benzene rings is 2. The number of rotatable bonds is 8. The minimum atomic E-state index is -0.323. The summed E-state index contributed by atoms with van der Waals surface area (Å²) in [6, 6.07) is 15.2. The topological polar surface area (TPSA) is 46.8 Å². The quantitative estimate of drug-likeness (QED) is 0.230. The van der Waals surface area contributed by atoms with E-state index >= 15 is 0 Å². The lowest BCUT2D eigenvalue weighted by Crippen LogP contribution is -2.32. The summed E-state index contributed by atoms with van der Waals surface area (Å²) in [6.07, 6.45) is 3.41. The van der Waals surface area contributed by atoms with E-state index in [9.17, 15) is 8.78 Å². The third kappa shape index (κ3) is 5.08. The van der Waals surface area contributed by atoms with Gasteiger partial charge < -0.3 is 0 Å². The Hall–Kier alpha value is -3.42. The van der Waals surface area contributed by atoms with Crippen LogP contribution >= 0.6 is 11.6 Å². The molecule has 184 valence electrons. The van der Waals surface area contributed by atoms with Gasteiger partial charge in [0.25, 0.3) is 0 Å². The Morgan fingerprint density at radius 3 is 1.89 bits per heavy atom. The van der Waals surface area contributed by atoms with Crippen molar-refractivity contribution >= 4 is 33.4 Å². The van der Waals surface area contributed by atoms with E-state index in [1.54, 1.807) is 24.5 Å². The number of nitrogens with zero attached hydrogens (tertiary/aromatic N) is 5. The maximum absolute atomic E-state index is 14.5. The van der Waals surface area contributed by atoms with Crippen molar-refractivity contribution in [2.45, 2.75) is 33.0 Å². The number of halogens is 3. The zero-order chi connectivity index (χ0) is 25.2. The average molecular weight is 506 g/mol. The molecule has 0 aliphatic carbocycles. The highest BCUT2D eigenvalue weighted by molar-refractivity contribution is 6.18. The molecule has 0 radical (unpaired) electrons. The Kier molecular flexibility index (Phi) is 6.94. The van der Waals surface area contributed by atoms with Crippen molar-refractivity contribution in [2.75, 3.05) is 12.4 Å². The minimum absolute atomic E-state index is 0.138. The van der Waals surface area contributed by atoms with E-state index in [1.165, 1.54) is 24.3 Å². The first kappa shape index (κ1) is 24.3. The minimum Gasteiger partial charge on any atom is -0.292 e. The number of hydrogen-bond donors (Lipinski definition) is 0. The lowest BCUT2D eigenvalue weighted by molar-refractivity contribution is 0.216. The summed E-state index contributed by atoms with van der Waals surface area (Å²) in [5.74, 6) is -0.311. The molecule has 0 N–H and O–H groups in total. The van der Waals surface area contributed by atoms with Crippen LogP contribution < -0.4 is 0 Å². The molecular formula is C28H26ClF2N5. The predicted octanol–water partition coefficient (Wildman–Crippen LogP) is 6.36. The number of fused-ring (bicyclic) bond motifs is 2. The van der Waals surface area contributed by atoms with E-state index in [-0.39, 0.29) is 17.7 Å². The van der Waals surface area contributed by atoms with Crippen molar-refractivity contribution in [2.24, 2.45) is 0 Å². The molecule has 3 heterocycles. The molecule has 5 rings (SSSR count). The van der Waals surface area contributed by atoms with Crippen molar-refractivity contribution in [1.29, 1.82) is 0 Å². The van der Waals surface area contributed by atoms with Gasteiger partial charge in [-0.3, -0.25) is 19.5 Å². The molecule has 0 aliphatic rings. The molecule has 0 fully saturated rings. The largest absolute Gasteiger partial charge is 0.292 e. The highest BCUT2D eigenvalue weighted by atomic mass is 35.5. The number of pyridine rings is 2. The normalized spacial score (nSPS) is 12.6. The molecule has 0 aliphatic heterocycles. The summed E-state index contributed by atoms with van der Waals surface area (Å²) >= 11 is 6.44. The zero-order valence-corrected chi connectivity index (χ0v) is 20.9. The first-order chi connectivity index (χ1) is 17.4. The number of aromatic nitrogens is 4. The van der Waals surface area contributed by atoms with E-state index in [0.717, 1.165) is 44.3 Å². The molecule has 0 unspecified atom stereocenters. The van der Waals surface area contributed by atoms with Gasteiger partial charge in [0.05, 0.1) is 22.8 Å². The fraction of sp³-hybridized carbons (Fsp3) is 0.250. The third-order valence-corrected chi connectivity index (χ3v) is 6.68. The first-order valence-corrected chi connectivity index (χ1v) is 12.3. The highest BCUT2D eigenvalue weighted by Crippen LogP contribution is 2.26. The van der Waals surface area contributed by atoms with Gasteiger partial charge in [-0.1, -0.05) is 12.1 Å². The molecule has 5 aromatic rings. The molecule has 36 heavy (non-hydrogen) atoms. The maximum Gasteiger partial charge on any atom is 0.124 e. The van der Waals surface area contributed by atoms with Crippen molar-refractivity contribution in [3.05, 3.63) is 101 Å². The molecule has 0 saturated carbocycles. The molecule has 0 amide bonds. The van der Waals surface area contributed by atoms with Crippen LogP contribution in [0.1, 0.15) is 28.6 Å². The van der Waals surface area contributed by atoms with Crippen LogP contribution in [0.25, 0.3) is 21.8 Å². The van der Waals surface area contributed by atoms with Gasteiger partial charge in [-0.15, -0.1) is 11.6 Å². The van der Waals surface area contributed by atoms with Gasteiger partial charge >= 0.3 is 0 Å². The van der Waals surface area contributed by atoms with Crippen molar-refractivity contribution in [3.63, 3.8) is 0 Å². The van der Waals surface area contributed by atoms with Crippen LogP contribution in [0.15, 0.2) is 67.0 Å². The first-order valence-electron chi connectivity index (χ1n) is 11.8. The molecule has 0 spiro atoms. The molecule has 0 saturated heterocycles. The van der Waals surface area contributed by atoms with Gasteiger partial charge in [0, 0.05) is 54.4 Å². The standard InChI is InChI=1S/C28H26ClF2N5/c1-18-9-19(2)36(34-18)26(14-29)17-35(15-22-12-24(30)10-20-5-3-7-32-27(20)22)16-23-13-25(31)11-21-6-4-8-33-28(21)23/h3-13,26H,14-17H2,1-2H3/t26-/m1/s1. The Labute approximate surface area is 213 Å². The molecule has 0 bridgehead atoms. The fourth-order valence-corrected chi connectivity index (χ4v) is 5.10. The molecule has 2 aromatic carbocycles. The van der Waals surface area contributed by atoms with Crippen LogP contribution in [0.2, 0.25) is 0 Å². The summed E-state index contributed by atoms with van der Waals surface area (Å²) in [5, 5.41) is 6.11. The Bertz CT molecular complexity index is 1450. The van der Waals surface area contributed by atoms with Gasteiger partial charge in [-0.05, 0) is 67.4 Å². The SMILES string of the molecule is Cc1cc(C)n([C@H](CCl)CN(Cc2cc(F)cc3cccnc23)Cc2cc(F)cc3cccnc23)n1. The fourth-order valence-electron chi connectivity index (χ4n) is 4.87. The van der Waals surface area contributed by atoms with Gasteiger partial charge in [0.2, 0.25) is 0 Å². The second-order valence-electron chi connectivity index (χ2n) is 9.13. The Morgan fingerprint density at radius 2 is 1.42 bits per heavy atom. The lowest BCUT2D eigenvalue weighted by atomic mass is 10.1. The van der Waals surface area contributed by atoms with E-state index in [4.69, 9.17) is 11.6 Å². The zero-order valence-electron chi connectivity index (χ0n) is 20.1. The van der Waals surface area contributed by atoms with Gasteiger partial charge in [-0.2, -0.15) is 5.10 Å². The van der Waals surface area contributed by atoms with Gasteiger partial charge in [0.15, 0.2) is 0 Å². The van der Waals surface area contributed by atoms with E-state index in [2.05, 4.69) is 20.0 Å². The highest BCUT2D eigenvalue weighted by Gasteiger charge is 2.21. The predicted molar refractivity (Wildman–Crippen MR) is 139 cm³/mol. The molecule has 1 atom stereocenters. The van der Waals surface area contributed by atoms with Crippen LogP contribution in [0, 0.1) is 25.5 Å². The summed E-state index contributed by atoms with van der Waals surface area (Å²) < 4.78 is 31.0. The van der Waals surface area contributed by atoms with Crippen molar-refractivity contribution in [1.82, 2.24) is 24.6 Å². The second-order valence-corrected chi connectivity index (χ2v) is 9.44. The molecule has 3 aromatic heterocycles. The van der Waals surface area contributed by atoms with Crippen LogP contribution in [0.3, 0.4) is 0 Å². The maximum atomic E-state index is 14.5. The Balaban J connectivity index is 1.56. The monoisotopic (exact) mass is 505 g/mol. The summed E-state index contributed by atoms with van der Waals surface area (Å²) in [5.41, 5.74) is 4.89. The van der Waals surface area contributed by atoms with Crippen LogP contribution in [-0.4, -0.2) is 37.1 Å². The van der Waals surface area contributed by atoms with Crippen LogP contribution in [0.4, 0.5) is 8.78 Å². The summed E-state index contributed by atoms with van der Waals surface area (Å²) in [4.78, 5) is 11.2. The van der Waals surface area contributed by atoms with Crippen LogP contribution in [0.5, 0.6) is 0 Å². The number of aryl methyl sites for hydroxylation is 2. The second kappa shape index (κ2) is 10.3.